The second-order valence-electron chi connectivity index (χ2n) is 6.84. The number of nitrogens with zero attached hydrogens (tertiary/aromatic N) is 1. The molecule has 0 bridgehead atoms. The average Bonchev–Trinajstić information content (AvgIpc) is 2.61. The maximum Gasteiger partial charge on any atom is 0.0318 e. The Morgan fingerprint density at radius 1 is 1.53 bits per heavy atom. The van der Waals surface area contributed by atoms with Crippen molar-refractivity contribution in [2.75, 3.05) is 12.0 Å². The highest BCUT2D eigenvalue weighted by Crippen LogP contribution is 2.42. The van der Waals surface area contributed by atoms with E-state index in [1.165, 1.54) is 29.1 Å². The predicted octanol–water partition coefficient (Wildman–Crippen LogP) is 4.08. The van der Waals surface area contributed by atoms with Gasteiger partial charge in [-0.25, -0.2) is 0 Å². The van der Waals surface area contributed by atoms with E-state index in [1.807, 2.05) is 11.8 Å². The van der Waals surface area contributed by atoms with Crippen LogP contribution < -0.4 is 5.73 Å². The summed E-state index contributed by atoms with van der Waals surface area (Å²) >= 11 is 1.93. The summed E-state index contributed by atoms with van der Waals surface area (Å²) in [5, 5.41) is 0. The molecule has 0 radical (unpaired) electrons. The van der Waals surface area contributed by atoms with Crippen molar-refractivity contribution in [2.24, 2.45) is 11.1 Å². The molecule has 1 aliphatic rings. The molecule has 2 atom stereocenters. The summed E-state index contributed by atoms with van der Waals surface area (Å²) in [6.45, 7) is 9.26. The fourth-order valence-corrected chi connectivity index (χ4v) is 4.08. The van der Waals surface area contributed by atoms with E-state index < -0.39 is 0 Å². The molecule has 0 spiro atoms. The Morgan fingerprint density at radius 2 is 2.21 bits per heavy atom. The predicted molar refractivity (Wildman–Crippen MR) is 85.9 cm³/mol. The lowest BCUT2D eigenvalue weighted by atomic mass is 9.74. The summed E-state index contributed by atoms with van der Waals surface area (Å²) < 4.78 is 2.55. The topological polar surface area (TPSA) is 30.9 Å². The first kappa shape index (κ1) is 15.0. The molecular weight excluding hydrogens is 252 g/mol. The van der Waals surface area contributed by atoms with Gasteiger partial charge in [-0.15, -0.1) is 0 Å². The van der Waals surface area contributed by atoms with Crippen molar-refractivity contribution >= 4 is 11.8 Å². The second kappa shape index (κ2) is 5.53. The fraction of sp³-hybridized carbons (Fsp3) is 0.750. The second-order valence-corrected chi connectivity index (χ2v) is 7.83. The molecule has 0 amide bonds. The molecule has 108 valence electrons. The van der Waals surface area contributed by atoms with Crippen molar-refractivity contribution in [3.8, 4) is 0 Å². The van der Waals surface area contributed by atoms with Crippen LogP contribution in [0, 0.1) is 12.3 Å². The van der Waals surface area contributed by atoms with Gasteiger partial charge in [0.05, 0.1) is 0 Å². The molecule has 2 rings (SSSR count). The van der Waals surface area contributed by atoms with E-state index in [2.05, 4.69) is 44.6 Å². The third-order valence-electron chi connectivity index (χ3n) is 4.37. The van der Waals surface area contributed by atoms with E-state index in [1.54, 1.807) is 0 Å². The van der Waals surface area contributed by atoms with Crippen molar-refractivity contribution in [3.05, 3.63) is 23.0 Å². The van der Waals surface area contributed by atoms with E-state index in [9.17, 15) is 0 Å². The molecular formula is C16H28N2S. The molecule has 19 heavy (non-hydrogen) atoms. The van der Waals surface area contributed by atoms with Gasteiger partial charge in [0.25, 0.3) is 0 Å². The number of aromatic nitrogens is 1. The van der Waals surface area contributed by atoms with Gasteiger partial charge in [0, 0.05) is 23.5 Å². The van der Waals surface area contributed by atoms with Crippen molar-refractivity contribution in [3.63, 3.8) is 0 Å². The van der Waals surface area contributed by atoms with Crippen LogP contribution in [0.2, 0.25) is 0 Å². The molecule has 3 heteroatoms. The van der Waals surface area contributed by atoms with Gasteiger partial charge in [0.15, 0.2) is 0 Å². The van der Waals surface area contributed by atoms with E-state index in [4.69, 9.17) is 5.73 Å². The van der Waals surface area contributed by atoms with Crippen LogP contribution in [0.4, 0.5) is 0 Å². The molecule has 0 saturated carbocycles. The molecule has 1 aromatic rings. The Bertz CT molecular complexity index is 448. The Balaban J connectivity index is 2.35. The number of hydrogen-bond donors (Lipinski definition) is 1. The number of fused-ring (bicyclic) bond motifs is 1. The van der Waals surface area contributed by atoms with Gasteiger partial charge in [-0.05, 0) is 62.2 Å². The summed E-state index contributed by atoms with van der Waals surface area (Å²) in [5.74, 6) is 1.23. The van der Waals surface area contributed by atoms with Gasteiger partial charge < -0.3 is 10.3 Å². The smallest absolute Gasteiger partial charge is 0.0318 e. The minimum atomic E-state index is 0.214. The molecule has 0 fully saturated rings. The van der Waals surface area contributed by atoms with Crippen LogP contribution in [0.1, 0.15) is 62.6 Å². The molecule has 1 aliphatic carbocycles. The van der Waals surface area contributed by atoms with Gasteiger partial charge in [-0.3, -0.25) is 0 Å². The van der Waals surface area contributed by atoms with Crippen LogP contribution in [0.25, 0.3) is 0 Å². The first-order valence-corrected chi connectivity index (χ1v) is 8.70. The van der Waals surface area contributed by atoms with Gasteiger partial charge in [0.2, 0.25) is 0 Å². The quantitative estimate of drug-likeness (QED) is 0.901. The molecule has 2 unspecified atom stereocenters. The average molecular weight is 280 g/mol. The summed E-state index contributed by atoms with van der Waals surface area (Å²) in [6.07, 6.45) is 5.68. The third kappa shape index (κ3) is 3.03. The molecule has 2 N–H and O–H groups in total. The number of thioether (sulfide) groups is 1. The van der Waals surface area contributed by atoms with E-state index in [-0.39, 0.29) is 6.04 Å². The Hall–Kier alpha value is -0.410. The van der Waals surface area contributed by atoms with E-state index >= 15 is 0 Å². The molecule has 2 nitrogen and oxygen atoms in total. The lowest BCUT2D eigenvalue weighted by Crippen LogP contribution is -2.31. The number of nitrogens with two attached hydrogens (primary N) is 1. The SMILES string of the molecule is CSCCC(C)n1c(C)cc2c1CC(C)(C)CC2N. The van der Waals surface area contributed by atoms with Crippen LogP contribution in [0.15, 0.2) is 6.07 Å². The van der Waals surface area contributed by atoms with Crippen LogP contribution in [0.3, 0.4) is 0 Å². The zero-order valence-corrected chi connectivity index (χ0v) is 13.8. The third-order valence-corrected chi connectivity index (χ3v) is 5.01. The van der Waals surface area contributed by atoms with Crippen LogP contribution in [0.5, 0.6) is 0 Å². The number of rotatable bonds is 4. The standard InChI is InChI=1S/C16H28N2S/c1-11(6-7-19-5)18-12(2)8-13-14(17)9-16(3,4)10-15(13)18/h8,11,14H,6-7,9-10,17H2,1-5H3. The fourth-order valence-electron chi connectivity index (χ4n) is 3.50. The van der Waals surface area contributed by atoms with Crippen molar-refractivity contribution in [2.45, 2.75) is 59.0 Å². The minimum absolute atomic E-state index is 0.214. The Kier molecular flexibility index (Phi) is 4.36. The molecule has 0 saturated heterocycles. The lowest BCUT2D eigenvalue weighted by molar-refractivity contribution is 0.271. The summed E-state index contributed by atoms with van der Waals surface area (Å²) in [6, 6.07) is 3.12. The summed E-state index contributed by atoms with van der Waals surface area (Å²) in [4.78, 5) is 0. The summed E-state index contributed by atoms with van der Waals surface area (Å²) in [5.41, 5.74) is 11.0. The highest BCUT2D eigenvalue weighted by molar-refractivity contribution is 7.98. The van der Waals surface area contributed by atoms with Gasteiger partial charge >= 0.3 is 0 Å². The number of aryl methyl sites for hydroxylation is 1. The molecule has 0 aliphatic heterocycles. The largest absolute Gasteiger partial charge is 0.346 e. The summed E-state index contributed by atoms with van der Waals surface area (Å²) in [7, 11) is 0. The van der Waals surface area contributed by atoms with Crippen molar-refractivity contribution in [1.82, 2.24) is 4.57 Å². The molecule has 1 heterocycles. The maximum atomic E-state index is 6.39. The van der Waals surface area contributed by atoms with Crippen LogP contribution in [-0.2, 0) is 6.42 Å². The maximum absolute atomic E-state index is 6.39. The van der Waals surface area contributed by atoms with Crippen LogP contribution >= 0.6 is 11.8 Å². The molecule has 1 aromatic heterocycles. The van der Waals surface area contributed by atoms with Gasteiger partial charge in [0.1, 0.15) is 0 Å². The zero-order chi connectivity index (χ0) is 14.2. The Morgan fingerprint density at radius 3 is 2.84 bits per heavy atom. The Labute approximate surface area is 122 Å². The van der Waals surface area contributed by atoms with Crippen molar-refractivity contribution < 1.29 is 0 Å². The molecule has 0 aromatic carbocycles. The van der Waals surface area contributed by atoms with Crippen LogP contribution in [-0.4, -0.2) is 16.6 Å². The van der Waals surface area contributed by atoms with Gasteiger partial charge in [-0.2, -0.15) is 11.8 Å². The highest BCUT2D eigenvalue weighted by atomic mass is 32.2. The lowest BCUT2D eigenvalue weighted by Gasteiger charge is -2.35. The van der Waals surface area contributed by atoms with Gasteiger partial charge in [-0.1, -0.05) is 13.8 Å². The van der Waals surface area contributed by atoms with E-state index in [0.29, 0.717) is 11.5 Å². The normalized spacial score (nSPS) is 23.2. The first-order valence-electron chi connectivity index (χ1n) is 7.31. The number of hydrogen-bond acceptors (Lipinski definition) is 2. The first-order chi connectivity index (χ1) is 8.85. The highest BCUT2D eigenvalue weighted by Gasteiger charge is 2.33. The zero-order valence-electron chi connectivity index (χ0n) is 13.0. The van der Waals surface area contributed by atoms with E-state index in [0.717, 1.165) is 12.8 Å². The monoisotopic (exact) mass is 280 g/mol. The van der Waals surface area contributed by atoms with Crippen molar-refractivity contribution in [1.29, 1.82) is 0 Å². The minimum Gasteiger partial charge on any atom is -0.346 e.